The number of fused-ring (bicyclic) bond motifs is 1. The van der Waals surface area contributed by atoms with E-state index < -0.39 is 0 Å². The Labute approximate surface area is 199 Å². The second kappa shape index (κ2) is 9.44. The number of anilines is 1. The molecule has 1 atom stereocenters. The first-order chi connectivity index (χ1) is 16.2. The molecule has 7 heteroatoms. The number of aromatic amines is 1. The third kappa shape index (κ3) is 4.60. The molecule has 0 bridgehead atoms. The lowest BCUT2D eigenvalue weighted by atomic mass is 9.96. The fraction of sp³-hybridized carbons (Fsp3) is 0.0769. The third-order valence-electron chi connectivity index (χ3n) is 5.50. The minimum atomic E-state index is -0.153. The molecule has 1 unspecified atom stereocenters. The lowest BCUT2D eigenvalue weighted by Gasteiger charge is -2.16. The lowest BCUT2D eigenvalue weighted by molar-refractivity contribution is 0.0952. The van der Waals surface area contributed by atoms with Crippen LogP contribution < -0.4 is 10.6 Å². The number of amides is 2. The Balaban J connectivity index is 1.29. The van der Waals surface area contributed by atoms with Crippen LogP contribution in [0.2, 0.25) is 0 Å². The van der Waals surface area contributed by atoms with Gasteiger partial charge in [-0.15, -0.1) is 22.7 Å². The van der Waals surface area contributed by atoms with Crippen molar-refractivity contribution in [3.8, 4) is 0 Å². The van der Waals surface area contributed by atoms with Crippen molar-refractivity contribution in [1.29, 1.82) is 0 Å². The quantitative estimate of drug-likeness (QED) is 0.268. The van der Waals surface area contributed by atoms with E-state index in [0.29, 0.717) is 22.7 Å². The van der Waals surface area contributed by atoms with E-state index in [-0.39, 0.29) is 17.7 Å². The van der Waals surface area contributed by atoms with E-state index in [1.54, 1.807) is 41.7 Å². The van der Waals surface area contributed by atoms with Crippen molar-refractivity contribution in [2.75, 3.05) is 11.9 Å². The Morgan fingerprint density at radius 1 is 0.848 bits per heavy atom. The minimum absolute atomic E-state index is 0.0504. The molecule has 3 aromatic heterocycles. The maximum atomic E-state index is 12.9. The zero-order valence-corrected chi connectivity index (χ0v) is 19.2. The lowest BCUT2D eigenvalue weighted by Crippen LogP contribution is -2.28. The SMILES string of the molecule is O=C(NCC(c1cccs1)c1c[nH]c2ccccc12)c1ccc(NC(=O)c2cccs2)cc1. The maximum absolute atomic E-state index is 12.9. The van der Waals surface area contributed by atoms with Crippen molar-refractivity contribution in [3.05, 3.63) is 111 Å². The molecule has 0 spiro atoms. The largest absolute Gasteiger partial charge is 0.361 e. The van der Waals surface area contributed by atoms with E-state index in [2.05, 4.69) is 39.2 Å². The van der Waals surface area contributed by atoms with Gasteiger partial charge in [-0.2, -0.15) is 0 Å². The van der Waals surface area contributed by atoms with Gasteiger partial charge in [-0.25, -0.2) is 0 Å². The van der Waals surface area contributed by atoms with Crippen molar-refractivity contribution < 1.29 is 9.59 Å². The predicted molar refractivity (Wildman–Crippen MR) is 136 cm³/mol. The molecule has 2 amide bonds. The van der Waals surface area contributed by atoms with Gasteiger partial charge in [0.05, 0.1) is 4.88 Å². The van der Waals surface area contributed by atoms with Gasteiger partial charge >= 0.3 is 0 Å². The van der Waals surface area contributed by atoms with Gasteiger partial charge in [-0.05, 0) is 58.8 Å². The molecule has 5 aromatic rings. The molecular formula is C26H21N3O2S2. The number of thiophene rings is 2. The molecular weight excluding hydrogens is 450 g/mol. The fourth-order valence-electron chi connectivity index (χ4n) is 3.84. The van der Waals surface area contributed by atoms with Crippen LogP contribution in [0.5, 0.6) is 0 Å². The van der Waals surface area contributed by atoms with Crippen LogP contribution >= 0.6 is 22.7 Å². The number of nitrogens with one attached hydrogen (secondary N) is 3. The molecule has 3 N–H and O–H groups in total. The molecule has 0 aliphatic rings. The molecule has 2 aromatic carbocycles. The standard InChI is InChI=1S/C26H21N3O2S2/c30-25(17-9-11-18(12-10-17)29-26(31)24-8-4-14-33-24)28-16-21(23-7-3-13-32-23)20-15-27-22-6-2-1-5-19(20)22/h1-15,21,27H,16H2,(H,28,30)(H,29,31). The smallest absolute Gasteiger partial charge is 0.265 e. The van der Waals surface area contributed by atoms with Crippen LogP contribution in [0.4, 0.5) is 5.69 Å². The Bertz CT molecular complexity index is 1370. The second-order valence-corrected chi connectivity index (χ2v) is 9.50. The van der Waals surface area contributed by atoms with Crippen molar-refractivity contribution >= 4 is 51.1 Å². The number of carbonyl (C=O) groups excluding carboxylic acids is 2. The Hall–Kier alpha value is -3.68. The summed E-state index contributed by atoms with van der Waals surface area (Å²) in [6.45, 7) is 0.484. The highest BCUT2D eigenvalue weighted by molar-refractivity contribution is 7.12. The van der Waals surface area contributed by atoms with E-state index in [1.807, 2.05) is 35.8 Å². The Morgan fingerprint density at radius 2 is 1.64 bits per heavy atom. The highest BCUT2D eigenvalue weighted by Gasteiger charge is 2.20. The van der Waals surface area contributed by atoms with Crippen LogP contribution in [0.3, 0.4) is 0 Å². The van der Waals surface area contributed by atoms with Gasteiger partial charge in [0.2, 0.25) is 0 Å². The second-order valence-electron chi connectivity index (χ2n) is 7.58. The Morgan fingerprint density at radius 3 is 2.39 bits per heavy atom. The number of para-hydroxylation sites is 1. The third-order valence-corrected chi connectivity index (χ3v) is 7.35. The molecule has 5 nitrogen and oxygen atoms in total. The monoisotopic (exact) mass is 471 g/mol. The van der Waals surface area contributed by atoms with E-state index in [0.717, 1.165) is 10.9 Å². The van der Waals surface area contributed by atoms with Crippen molar-refractivity contribution in [3.63, 3.8) is 0 Å². The summed E-state index contributed by atoms with van der Waals surface area (Å²) >= 11 is 3.08. The van der Waals surface area contributed by atoms with Crippen LogP contribution in [-0.4, -0.2) is 23.3 Å². The normalized spacial score (nSPS) is 11.9. The Kier molecular flexibility index (Phi) is 6.06. The van der Waals surface area contributed by atoms with Gasteiger partial charge in [-0.3, -0.25) is 9.59 Å². The molecule has 0 aliphatic heterocycles. The van der Waals surface area contributed by atoms with Gasteiger partial charge in [0.25, 0.3) is 11.8 Å². The number of aromatic nitrogens is 1. The molecule has 164 valence electrons. The molecule has 5 rings (SSSR count). The maximum Gasteiger partial charge on any atom is 0.265 e. The molecule has 33 heavy (non-hydrogen) atoms. The number of benzene rings is 2. The highest BCUT2D eigenvalue weighted by Crippen LogP contribution is 2.32. The molecule has 0 saturated carbocycles. The summed E-state index contributed by atoms with van der Waals surface area (Å²) < 4.78 is 0. The summed E-state index contributed by atoms with van der Waals surface area (Å²) in [6.07, 6.45) is 2.03. The molecule has 0 radical (unpaired) electrons. The van der Waals surface area contributed by atoms with Gasteiger partial charge in [0, 0.05) is 45.7 Å². The van der Waals surface area contributed by atoms with Crippen molar-refractivity contribution in [1.82, 2.24) is 10.3 Å². The zero-order chi connectivity index (χ0) is 22.6. The summed E-state index contributed by atoms with van der Waals surface area (Å²) in [5, 5.41) is 11.0. The van der Waals surface area contributed by atoms with Crippen molar-refractivity contribution in [2.45, 2.75) is 5.92 Å². The predicted octanol–water partition coefficient (Wildman–Crippen LogP) is 6.11. The van der Waals surface area contributed by atoms with Crippen LogP contribution in [0.15, 0.2) is 89.8 Å². The number of H-pyrrole nitrogens is 1. The van der Waals surface area contributed by atoms with E-state index in [1.165, 1.54) is 21.8 Å². The molecule has 0 fully saturated rings. The average molecular weight is 472 g/mol. The number of hydrogen-bond donors (Lipinski definition) is 3. The summed E-state index contributed by atoms with van der Waals surface area (Å²) in [6, 6.07) is 22.9. The first-order valence-electron chi connectivity index (χ1n) is 10.5. The van der Waals surface area contributed by atoms with E-state index in [9.17, 15) is 9.59 Å². The van der Waals surface area contributed by atoms with Gasteiger partial charge in [0.1, 0.15) is 0 Å². The zero-order valence-electron chi connectivity index (χ0n) is 17.6. The first-order valence-corrected chi connectivity index (χ1v) is 12.3. The number of hydrogen-bond acceptors (Lipinski definition) is 4. The number of rotatable bonds is 7. The number of carbonyl (C=O) groups is 2. The van der Waals surface area contributed by atoms with Crippen molar-refractivity contribution in [2.24, 2.45) is 0 Å². The van der Waals surface area contributed by atoms with Gasteiger partial charge in [-0.1, -0.05) is 30.3 Å². The summed E-state index contributed by atoms with van der Waals surface area (Å²) in [5.41, 5.74) is 3.45. The van der Waals surface area contributed by atoms with Crippen LogP contribution in [0, 0.1) is 0 Å². The highest BCUT2D eigenvalue weighted by atomic mass is 32.1. The van der Waals surface area contributed by atoms with Crippen LogP contribution in [0.25, 0.3) is 10.9 Å². The topological polar surface area (TPSA) is 74.0 Å². The summed E-state index contributed by atoms with van der Waals surface area (Å²) in [5.74, 6) is -0.248. The van der Waals surface area contributed by atoms with E-state index >= 15 is 0 Å². The molecule has 0 aliphatic carbocycles. The minimum Gasteiger partial charge on any atom is -0.361 e. The summed E-state index contributed by atoms with van der Waals surface area (Å²) in [4.78, 5) is 30.3. The fourth-order valence-corrected chi connectivity index (χ4v) is 5.30. The average Bonchev–Trinajstić information content (AvgIpc) is 3.62. The summed E-state index contributed by atoms with van der Waals surface area (Å²) in [7, 11) is 0. The van der Waals surface area contributed by atoms with Gasteiger partial charge in [0.15, 0.2) is 0 Å². The first kappa shape index (κ1) is 21.2. The van der Waals surface area contributed by atoms with E-state index in [4.69, 9.17) is 0 Å². The van der Waals surface area contributed by atoms with Gasteiger partial charge < -0.3 is 15.6 Å². The van der Waals surface area contributed by atoms with Crippen LogP contribution in [-0.2, 0) is 0 Å². The molecule has 0 saturated heterocycles. The van der Waals surface area contributed by atoms with Crippen LogP contribution in [0.1, 0.15) is 36.4 Å². The molecule has 3 heterocycles.